The van der Waals surface area contributed by atoms with Crippen LogP contribution in [0.2, 0.25) is 0 Å². The summed E-state index contributed by atoms with van der Waals surface area (Å²) in [7, 11) is 4.44. The Hall–Kier alpha value is -4.08. The number of carbonyl (C=O) groups is 2. The molecule has 162 valence electrons. The SMILES string of the molecule is COc1cccc(-c2noc(COC(=O)c3cc(OC)c(OC)cc3NC(C)=O)n2)c1. The van der Waals surface area contributed by atoms with Crippen molar-refractivity contribution in [2.24, 2.45) is 0 Å². The molecular weight excluding hydrogens is 406 g/mol. The molecule has 0 atom stereocenters. The molecule has 10 nitrogen and oxygen atoms in total. The lowest BCUT2D eigenvalue weighted by atomic mass is 10.1. The molecule has 3 rings (SSSR count). The van der Waals surface area contributed by atoms with E-state index in [0.717, 1.165) is 0 Å². The fraction of sp³-hybridized carbons (Fsp3) is 0.238. The van der Waals surface area contributed by atoms with Crippen LogP contribution in [0, 0.1) is 0 Å². The Bertz CT molecular complexity index is 1090. The van der Waals surface area contributed by atoms with Gasteiger partial charge in [-0.1, -0.05) is 17.3 Å². The molecule has 0 bridgehead atoms. The van der Waals surface area contributed by atoms with Crippen molar-refractivity contribution in [3.05, 3.63) is 47.9 Å². The predicted octanol–water partition coefficient (Wildman–Crippen LogP) is 3.08. The third-order valence-electron chi connectivity index (χ3n) is 4.18. The molecule has 10 heteroatoms. The van der Waals surface area contributed by atoms with Gasteiger partial charge in [-0.2, -0.15) is 4.98 Å². The number of amides is 1. The number of methoxy groups -OCH3 is 3. The average Bonchev–Trinajstić information content (AvgIpc) is 3.26. The van der Waals surface area contributed by atoms with Gasteiger partial charge in [0.2, 0.25) is 11.7 Å². The van der Waals surface area contributed by atoms with Gasteiger partial charge in [-0.05, 0) is 12.1 Å². The maximum atomic E-state index is 12.7. The molecule has 31 heavy (non-hydrogen) atoms. The van der Waals surface area contributed by atoms with Crippen LogP contribution in [-0.2, 0) is 16.1 Å². The van der Waals surface area contributed by atoms with Crippen LogP contribution in [0.25, 0.3) is 11.4 Å². The number of benzene rings is 2. The van der Waals surface area contributed by atoms with Gasteiger partial charge in [0.25, 0.3) is 5.89 Å². The number of nitrogens with one attached hydrogen (secondary N) is 1. The number of esters is 1. The molecule has 0 aliphatic heterocycles. The molecule has 0 radical (unpaired) electrons. The van der Waals surface area contributed by atoms with Gasteiger partial charge in [-0.25, -0.2) is 4.79 Å². The summed E-state index contributed by atoms with van der Waals surface area (Å²) in [5.74, 6) is 0.660. The largest absolute Gasteiger partial charge is 0.497 e. The van der Waals surface area contributed by atoms with E-state index in [4.69, 9.17) is 23.5 Å². The van der Waals surface area contributed by atoms with E-state index in [-0.39, 0.29) is 29.7 Å². The van der Waals surface area contributed by atoms with E-state index < -0.39 is 5.97 Å². The van der Waals surface area contributed by atoms with Crippen LogP contribution in [0.3, 0.4) is 0 Å². The second-order valence-corrected chi connectivity index (χ2v) is 6.25. The number of carbonyl (C=O) groups excluding carboxylic acids is 2. The first kappa shape index (κ1) is 21.6. The second-order valence-electron chi connectivity index (χ2n) is 6.25. The lowest BCUT2D eigenvalue weighted by Crippen LogP contribution is -2.13. The van der Waals surface area contributed by atoms with Crippen LogP contribution in [-0.4, -0.2) is 43.3 Å². The molecule has 1 aromatic heterocycles. The monoisotopic (exact) mass is 427 g/mol. The molecule has 0 spiro atoms. The maximum absolute atomic E-state index is 12.7. The highest BCUT2D eigenvalue weighted by atomic mass is 16.6. The minimum atomic E-state index is -0.717. The average molecular weight is 427 g/mol. The fourth-order valence-electron chi connectivity index (χ4n) is 2.74. The van der Waals surface area contributed by atoms with Gasteiger partial charge < -0.3 is 28.8 Å². The van der Waals surface area contributed by atoms with Crippen molar-refractivity contribution in [1.29, 1.82) is 0 Å². The number of hydrogen-bond acceptors (Lipinski definition) is 9. The Morgan fingerprint density at radius 3 is 2.45 bits per heavy atom. The Morgan fingerprint density at radius 2 is 1.77 bits per heavy atom. The Morgan fingerprint density at radius 1 is 1.03 bits per heavy atom. The van der Waals surface area contributed by atoms with E-state index in [2.05, 4.69) is 15.5 Å². The Kier molecular flexibility index (Phi) is 6.71. The summed E-state index contributed by atoms with van der Waals surface area (Å²) in [5.41, 5.74) is 0.992. The molecule has 0 saturated heterocycles. The quantitative estimate of drug-likeness (QED) is 0.540. The highest BCUT2D eigenvalue weighted by molar-refractivity contribution is 6.01. The van der Waals surface area contributed by atoms with Crippen LogP contribution >= 0.6 is 0 Å². The Balaban J connectivity index is 1.77. The number of ether oxygens (including phenoxy) is 4. The second kappa shape index (κ2) is 9.61. The third-order valence-corrected chi connectivity index (χ3v) is 4.18. The summed E-state index contributed by atoms with van der Waals surface area (Å²) in [4.78, 5) is 28.4. The van der Waals surface area contributed by atoms with Gasteiger partial charge in [0.15, 0.2) is 18.1 Å². The number of rotatable bonds is 8. The lowest BCUT2D eigenvalue weighted by Gasteiger charge is -2.14. The summed E-state index contributed by atoms with van der Waals surface area (Å²) in [6.45, 7) is 1.06. The van der Waals surface area contributed by atoms with Crippen LogP contribution < -0.4 is 19.5 Å². The van der Waals surface area contributed by atoms with Gasteiger partial charge >= 0.3 is 5.97 Å². The summed E-state index contributed by atoms with van der Waals surface area (Å²) in [5, 5.41) is 6.47. The molecule has 0 unspecified atom stereocenters. The number of aromatic nitrogens is 2. The first-order valence-electron chi connectivity index (χ1n) is 9.13. The first-order chi connectivity index (χ1) is 14.9. The van der Waals surface area contributed by atoms with E-state index in [1.165, 1.54) is 33.3 Å². The van der Waals surface area contributed by atoms with E-state index in [1.54, 1.807) is 31.4 Å². The van der Waals surface area contributed by atoms with Crippen LogP contribution in [0.1, 0.15) is 23.2 Å². The minimum Gasteiger partial charge on any atom is -0.497 e. The zero-order chi connectivity index (χ0) is 22.4. The molecule has 1 amide bonds. The van der Waals surface area contributed by atoms with Crippen molar-refractivity contribution >= 4 is 17.6 Å². The predicted molar refractivity (Wildman–Crippen MR) is 109 cm³/mol. The molecule has 0 saturated carbocycles. The van der Waals surface area contributed by atoms with Crippen molar-refractivity contribution in [3.8, 4) is 28.6 Å². The summed E-state index contributed by atoms with van der Waals surface area (Å²) in [6.07, 6.45) is 0. The zero-order valence-corrected chi connectivity index (χ0v) is 17.4. The summed E-state index contributed by atoms with van der Waals surface area (Å²) in [6, 6.07) is 10.0. The molecule has 2 aromatic carbocycles. The van der Waals surface area contributed by atoms with Gasteiger partial charge in [-0.15, -0.1) is 0 Å². The highest BCUT2D eigenvalue weighted by Gasteiger charge is 2.20. The number of anilines is 1. The standard InChI is InChI=1S/C21H21N3O7/c1-12(25)22-16-10-18(29-4)17(28-3)9-15(16)21(26)30-11-19-23-20(24-31-19)13-6-5-7-14(8-13)27-2/h5-10H,11H2,1-4H3,(H,22,25). The van der Waals surface area contributed by atoms with Gasteiger partial charge in [0, 0.05) is 24.6 Å². The van der Waals surface area contributed by atoms with Crippen molar-refractivity contribution in [2.45, 2.75) is 13.5 Å². The molecule has 1 heterocycles. The van der Waals surface area contributed by atoms with E-state index in [1.807, 2.05) is 0 Å². The summed E-state index contributed by atoms with van der Waals surface area (Å²) < 4.78 is 26.1. The number of hydrogen-bond donors (Lipinski definition) is 1. The summed E-state index contributed by atoms with van der Waals surface area (Å²) >= 11 is 0. The molecule has 0 aliphatic rings. The van der Waals surface area contributed by atoms with Gasteiger partial charge in [0.05, 0.1) is 32.6 Å². The van der Waals surface area contributed by atoms with Crippen molar-refractivity contribution in [2.75, 3.05) is 26.6 Å². The van der Waals surface area contributed by atoms with Gasteiger partial charge in [-0.3, -0.25) is 4.79 Å². The number of nitrogens with zero attached hydrogens (tertiary/aromatic N) is 2. The van der Waals surface area contributed by atoms with E-state index >= 15 is 0 Å². The highest BCUT2D eigenvalue weighted by Crippen LogP contribution is 2.34. The van der Waals surface area contributed by atoms with Crippen molar-refractivity contribution in [1.82, 2.24) is 10.1 Å². The van der Waals surface area contributed by atoms with Crippen LogP contribution in [0.4, 0.5) is 5.69 Å². The normalized spacial score (nSPS) is 10.3. The van der Waals surface area contributed by atoms with Crippen molar-refractivity contribution < 1.29 is 33.1 Å². The molecule has 0 fully saturated rings. The van der Waals surface area contributed by atoms with Crippen LogP contribution in [0.5, 0.6) is 17.2 Å². The molecule has 0 aliphatic carbocycles. The fourth-order valence-corrected chi connectivity index (χ4v) is 2.74. The Labute approximate surface area is 178 Å². The zero-order valence-electron chi connectivity index (χ0n) is 17.4. The molecular formula is C21H21N3O7. The minimum absolute atomic E-state index is 0.0837. The van der Waals surface area contributed by atoms with Crippen LogP contribution in [0.15, 0.2) is 40.9 Å². The first-order valence-corrected chi connectivity index (χ1v) is 9.13. The maximum Gasteiger partial charge on any atom is 0.340 e. The van der Waals surface area contributed by atoms with Crippen molar-refractivity contribution in [3.63, 3.8) is 0 Å². The smallest absolute Gasteiger partial charge is 0.340 e. The van der Waals surface area contributed by atoms with E-state index in [0.29, 0.717) is 28.6 Å². The third kappa shape index (κ3) is 5.10. The molecule has 1 N–H and O–H groups in total. The van der Waals surface area contributed by atoms with E-state index in [9.17, 15) is 9.59 Å². The molecule has 3 aromatic rings. The topological polar surface area (TPSA) is 122 Å². The lowest BCUT2D eigenvalue weighted by molar-refractivity contribution is -0.114. The van der Waals surface area contributed by atoms with Gasteiger partial charge in [0.1, 0.15) is 5.75 Å².